The number of nitriles is 1. The molecule has 20 heavy (non-hydrogen) atoms. The van der Waals surface area contributed by atoms with Crippen LogP contribution in [0, 0.1) is 23.2 Å². The molecule has 0 saturated heterocycles. The van der Waals surface area contributed by atoms with Crippen molar-refractivity contribution in [3.8, 4) is 6.07 Å². The lowest BCUT2D eigenvalue weighted by Crippen LogP contribution is -2.32. The van der Waals surface area contributed by atoms with E-state index in [1.807, 2.05) is 18.2 Å². The molecule has 2 aliphatic carbocycles. The molecule has 1 nitrogen and oxygen atoms in total. The first-order valence-electron chi connectivity index (χ1n) is 7.27. The fraction of sp³-hybridized carbons (Fsp3) is 0.389. The smallest absolute Gasteiger partial charge is 0.141 e. The first-order valence-corrected chi connectivity index (χ1v) is 7.65. The van der Waals surface area contributed by atoms with Gasteiger partial charge in [-0.25, -0.2) is 0 Å². The summed E-state index contributed by atoms with van der Waals surface area (Å²) >= 11 is 6.62. The summed E-state index contributed by atoms with van der Waals surface area (Å²) in [6.07, 6.45) is 10.8. The lowest BCUT2D eigenvalue weighted by Gasteiger charge is -2.32. The van der Waals surface area contributed by atoms with Crippen LogP contribution in [-0.4, -0.2) is 4.87 Å². The van der Waals surface area contributed by atoms with E-state index in [4.69, 9.17) is 11.6 Å². The summed E-state index contributed by atoms with van der Waals surface area (Å²) in [6.45, 7) is 0. The number of benzene rings is 1. The zero-order valence-electron chi connectivity index (χ0n) is 11.4. The Morgan fingerprint density at radius 2 is 2.05 bits per heavy atom. The maximum atomic E-state index is 9.52. The lowest BCUT2D eigenvalue weighted by atomic mass is 9.76. The summed E-state index contributed by atoms with van der Waals surface area (Å²) in [5.41, 5.74) is 2.41. The minimum atomic E-state index is -0.800. The number of hydrogen-bond acceptors (Lipinski definition) is 1. The van der Waals surface area contributed by atoms with Gasteiger partial charge < -0.3 is 0 Å². The van der Waals surface area contributed by atoms with Crippen molar-refractivity contribution in [1.29, 1.82) is 5.26 Å². The molecule has 0 amide bonds. The molecule has 0 spiro atoms. The van der Waals surface area contributed by atoms with Gasteiger partial charge in [0.15, 0.2) is 0 Å². The molecule has 0 aliphatic heterocycles. The minimum absolute atomic E-state index is 0.00841. The molecule has 2 atom stereocenters. The predicted octanol–water partition coefficient (Wildman–Crippen LogP) is 4.95. The van der Waals surface area contributed by atoms with Crippen molar-refractivity contribution >= 4 is 17.2 Å². The lowest BCUT2D eigenvalue weighted by molar-refractivity contribution is 0.553. The second kappa shape index (κ2) is 5.46. The highest BCUT2D eigenvalue weighted by molar-refractivity contribution is 6.27. The first-order chi connectivity index (χ1) is 9.73. The number of alkyl halides is 1. The molecule has 1 fully saturated rings. The highest BCUT2D eigenvalue weighted by Crippen LogP contribution is 2.45. The monoisotopic (exact) mass is 283 g/mol. The van der Waals surface area contributed by atoms with Crippen molar-refractivity contribution in [2.24, 2.45) is 11.8 Å². The predicted molar refractivity (Wildman–Crippen MR) is 83.2 cm³/mol. The van der Waals surface area contributed by atoms with Crippen molar-refractivity contribution < 1.29 is 0 Å². The van der Waals surface area contributed by atoms with Gasteiger partial charge in [0.1, 0.15) is 4.87 Å². The van der Waals surface area contributed by atoms with Crippen molar-refractivity contribution in [2.75, 3.05) is 0 Å². The molecule has 2 aliphatic rings. The van der Waals surface area contributed by atoms with E-state index in [1.165, 1.54) is 24.0 Å². The highest BCUT2D eigenvalue weighted by atomic mass is 35.5. The van der Waals surface area contributed by atoms with Gasteiger partial charge >= 0.3 is 0 Å². The topological polar surface area (TPSA) is 23.8 Å². The average molecular weight is 284 g/mol. The summed E-state index contributed by atoms with van der Waals surface area (Å²) in [5, 5.41) is 9.52. The Kier molecular flexibility index (Phi) is 3.68. The van der Waals surface area contributed by atoms with Crippen LogP contribution in [0.3, 0.4) is 0 Å². The zero-order chi connectivity index (χ0) is 14.0. The van der Waals surface area contributed by atoms with E-state index in [-0.39, 0.29) is 5.92 Å². The molecule has 0 heterocycles. The van der Waals surface area contributed by atoms with E-state index < -0.39 is 4.87 Å². The van der Waals surface area contributed by atoms with Crippen molar-refractivity contribution in [3.63, 3.8) is 0 Å². The van der Waals surface area contributed by atoms with E-state index in [0.29, 0.717) is 5.92 Å². The molecule has 1 aromatic rings. The Morgan fingerprint density at radius 1 is 1.30 bits per heavy atom. The Hall–Kier alpha value is -1.52. The van der Waals surface area contributed by atoms with Gasteiger partial charge in [0.2, 0.25) is 0 Å². The van der Waals surface area contributed by atoms with Gasteiger partial charge in [-0.05, 0) is 42.7 Å². The van der Waals surface area contributed by atoms with Crippen LogP contribution < -0.4 is 0 Å². The van der Waals surface area contributed by atoms with Crippen LogP contribution in [0.25, 0.3) is 5.57 Å². The third-order valence-corrected chi connectivity index (χ3v) is 4.67. The van der Waals surface area contributed by atoms with E-state index >= 15 is 0 Å². The molecule has 0 radical (unpaired) electrons. The molecule has 0 aromatic heterocycles. The van der Waals surface area contributed by atoms with E-state index in [9.17, 15) is 5.26 Å². The summed E-state index contributed by atoms with van der Waals surface area (Å²) in [4.78, 5) is -0.800. The Morgan fingerprint density at radius 3 is 2.70 bits per heavy atom. The van der Waals surface area contributed by atoms with Gasteiger partial charge in [-0.1, -0.05) is 48.6 Å². The molecule has 102 valence electrons. The third kappa shape index (κ3) is 2.67. The Bertz CT molecular complexity index is 577. The van der Waals surface area contributed by atoms with Gasteiger partial charge in [-0.3, -0.25) is 0 Å². The molecule has 0 bridgehead atoms. The van der Waals surface area contributed by atoms with Crippen LogP contribution in [-0.2, 0) is 0 Å². The van der Waals surface area contributed by atoms with Crippen LogP contribution >= 0.6 is 11.6 Å². The summed E-state index contributed by atoms with van der Waals surface area (Å²) in [7, 11) is 0. The summed E-state index contributed by atoms with van der Waals surface area (Å²) in [5.74, 6) is 0.658. The van der Waals surface area contributed by atoms with Crippen LogP contribution in [0.5, 0.6) is 0 Å². The van der Waals surface area contributed by atoms with Crippen LogP contribution in [0.4, 0.5) is 0 Å². The standard InChI is InChI=1S/C18H18ClN/c19-18(13-20)11-5-4-8-17(18)16(12-14-9-10-14)15-6-2-1-3-7-15/h1-4,6-8,12,14,17H,5,9-11H2/b16-12+. The molecule has 3 rings (SSSR count). The third-order valence-electron chi connectivity index (χ3n) is 4.16. The van der Waals surface area contributed by atoms with Gasteiger partial charge in [-0.15, -0.1) is 11.6 Å². The number of rotatable bonds is 3. The maximum absolute atomic E-state index is 9.52. The molecular weight excluding hydrogens is 266 g/mol. The molecular formula is C18H18ClN. The van der Waals surface area contributed by atoms with Gasteiger partial charge in [0.25, 0.3) is 0 Å². The molecule has 2 unspecified atom stereocenters. The Balaban J connectivity index is 2.03. The largest absolute Gasteiger partial charge is 0.196 e. The summed E-state index contributed by atoms with van der Waals surface area (Å²) in [6, 6.07) is 12.7. The van der Waals surface area contributed by atoms with Crippen LogP contribution in [0.2, 0.25) is 0 Å². The van der Waals surface area contributed by atoms with Gasteiger partial charge in [0.05, 0.1) is 6.07 Å². The number of halogens is 1. The van der Waals surface area contributed by atoms with E-state index in [2.05, 4.69) is 36.4 Å². The van der Waals surface area contributed by atoms with Gasteiger partial charge in [0, 0.05) is 5.92 Å². The zero-order valence-corrected chi connectivity index (χ0v) is 12.2. The first kappa shape index (κ1) is 13.5. The number of allylic oxidation sites excluding steroid dienone is 4. The molecule has 2 heteroatoms. The molecule has 1 aromatic carbocycles. The quantitative estimate of drug-likeness (QED) is 0.569. The molecule has 1 saturated carbocycles. The van der Waals surface area contributed by atoms with Crippen molar-refractivity contribution in [1.82, 2.24) is 0 Å². The van der Waals surface area contributed by atoms with Crippen LogP contribution in [0.1, 0.15) is 31.2 Å². The minimum Gasteiger partial charge on any atom is -0.196 e. The normalized spacial score (nSPS) is 30.0. The van der Waals surface area contributed by atoms with E-state index in [0.717, 1.165) is 12.8 Å². The summed E-state index contributed by atoms with van der Waals surface area (Å²) < 4.78 is 0. The Labute approximate surface area is 125 Å². The number of nitrogens with zero attached hydrogens (tertiary/aromatic N) is 1. The van der Waals surface area contributed by atoms with Crippen LogP contribution in [0.15, 0.2) is 48.6 Å². The van der Waals surface area contributed by atoms with E-state index in [1.54, 1.807) is 0 Å². The fourth-order valence-electron chi connectivity index (χ4n) is 2.84. The molecule has 0 N–H and O–H groups in total. The van der Waals surface area contributed by atoms with Crippen molar-refractivity contribution in [3.05, 3.63) is 54.1 Å². The average Bonchev–Trinajstić information content (AvgIpc) is 3.31. The van der Waals surface area contributed by atoms with Crippen molar-refractivity contribution in [2.45, 2.75) is 30.6 Å². The fourth-order valence-corrected chi connectivity index (χ4v) is 3.14. The number of hydrogen-bond donors (Lipinski definition) is 0. The second-order valence-corrected chi connectivity index (χ2v) is 6.42. The maximum Gasteiger partial charge on any atom is 0.141 e. The highest BCUT2D eigenvalue weighted by Gasteiger charge is 2.40. The van der Waals surface area contributed by atoms with Gasteiger partial charge in [-0.2, -0.15) is 5.26 Å². The second-order valence-electron chi connectivity index (χ2n) is 5.74. The SMILES string of the molecule is N#CC1(Cl)CCC=CC1/C(=C/C1CC1)c1ccccc1.